The van der Waals surface area contributed by atoms with Gasteiger partial charge in [-0.25, -0.2) is 13.2 Å². The number of carbonyl (C=O) groups excluding carboxylic acids is 1. The Balaban J connectivity index is 2.08. The molecule has 0 radical (unpaired) electrons. The van der Waals surface area contributed by atoms with Gasteiger partial charge in [0.25, 0.3) is 10.0 Å². The van der Waals surface area contributed by atoms with E-state index in [0.29, 0.717) is 22.8 Å². The Hall–Kier alpha value is -3.26. The van der Waals surface area contributed by atoms with Crippen molar-refractivity contribution in [1.82, 2.24) is 0 Å². The molecule has 30 heavy (non-hydrogen) atoms. The standard InChI is InChI=1S/C22H23NO6S/c1-15-5-6-16(2)21(13-15)30(25,26)23(17-7-9-18(27-3)10-8-17)14-19-11-12-20(29-19)22(24)28-4/h5-13H,14H2,1-4H3. The largest absolute Gasteiger partial charge is 0.497 e. The summed E-state index contributed by atoms with van der Waals surface area (Å²) >= 11 is 0. The molecule has 2 aromatic carbocycles. The highest BCUT2D eigenvalue weighted by atomic mass is 32.2. The number of hydrogen-bond acceptors (Lipinski definition) is 6. The van der Waals surface area contributed by atoms with E-state index in [1.54, 1.807) is 49.4 Å². The third-order valence-corrected chi connectivity index (χ3v) is 6.54. The Morgan fingerprint density at radius 2 is 1.70 bits per heavy atom. The molecule has 0 atom stereocenters. The van der Waals surface area contributed by atoms with Gasteiger partial charge in [-0.15, -0.1) is 0 Å². The Morgan fingerprint density at radius 3 is 2.33 bits per heavy atom. The lowest BCUT2D eigenvalue weighted by molar-refractivity contribution is 0.0563. The second kappa shape index (κ2) is 8.62. The number of carbonyl (C=O) groups is 1. The number of anilines is 1. The van der Waals surface area contributed by atoms with Crippen LogP contribution in [0, 0.1) is 13.8 Å². The maximum Gasteiger partial charge on any atom is 0.373 e. The number of hydrogen-bond donors (Lipinski definition) is 0. The normalized spacial score (nSPS) is 11.2. The highest BCUT2D eigenvalue weighted by Crippen LogP contribution is 2.30. The van der Waals surface area contributed by atoms with Crippen LogP contribution in [0.1, 0.15) is 27.4 Å². The summed E-state index contributed by atoms with van der Waals surface area (Å²) in [6.07, 6.45) is 0. The monoisotopic (exact) mass is 429 g/mol. The summed E-state index contributed by atoms with van der Waals surface area (Å²) < 4.78 is 43.8. The molecule has 1 aromatic heterocycles. The van der Waals surface area contributed by atoms with Crippen LogP contribution in [0.2, 0.25) is 0 Å². The topological polar surface area (TPSA) is 86.0 Å². The van der Waals surface area contributed by atoms with Crippen molar-refractivity contribution >= 4 is 21.7 Å². The molecule has 0 N–H and O–H groups in total. The first kappa shape index (κ1) is 21.4. The van der Waals surface area contributed by atoms with Crippen LogP contribution >= 0.6 is 0 Å². The van der Waals surface area contributed by atoms with Crippen LogP contribution in [-0.2, 0) is 21.3 Å². The van der Waals surface area contributed by atoms with E-state index in [0.717, 1.165) is 5.56 Å². The third-order valence-electron chi connectivity index (χ3n) is 4.62. The Bertz CT molecular complexity index is 1150. The number of benzene rings is 2. The lowest BCUT2D eigenvalue weighted by Gasteiger charge is -2.25. The van der Waals surface area contributed by atoms with Gasteiger partial charge in [0.1, 0.15) is 11.5 Å². The highest BCUT2D eigenvalue weighted by Gasteiger charge is 2.28. The fourth-order valence-electron chi connectivity index (χ4n) is 2.98. The molecule has 0 bridgehead atoms. The first-order valence-corrected chi connectivity index (χ1v) is 10.6. The summed E-state index contributed by atoms with van der Waals surface area (Å²) in [6.45, 7) is 3.49. The highest BCUT2D eigenvalue weighted by molar-refractivity contribution is 7.92. The predicted octanol–water partition coefficient (Wildman–Crippen LogP) is 4.09. The quantitative estimate of drug-likeness (QED) is 0.526. The molecule has 1 heterocycles. The lowest BCUT2D eigenvalue weighted by Crippen LogP contribution is -2.31. The van der Waals surface area contributed by atoms with Gasteiger partial charge in [0, 0.05) is 0 Å². The van der Waals surface area contributed by atoms with Gasteiger partial charge in [-0.1, -0.05) is 12.1 Å². The minimum Gasteiger partial charge on any atom is -0.497 e. The van der Waals surface area contributed by atoms with Gasteiger partial charge < -0.3 is 13.9 Å². The van der Waals surface area contributed by atoms with Crippen LogP contribution < -0.4 is 9.04 Å². The number of nitrogens with zero attached hydrogens (tertiary/aromatic N) is 1. The summed E-state index contributed by atoms with van der Waals surface area (Å²) in [7, 11) is -1.14. The van der Waals surface area contributed by atoms with E-state index in [2.05, 4.69) is 4.74 Å². The summed E-state index contributed by atoms with van der Waals surface area (Å²) in [5.41, 5.74) is 1.90. The van der Waals surface area contributed by atoms with E-state index in [9.17, 15) is 13.2 Å². The fraction of sp³-hybridized carbons (Fsp3) is 0.227. The lowest BCUT2D eigenvalue weighted by atomic mass is 10.2. The van der Waals surface area contributed by atoms with Gasteiger partial charge in [-0.05, 0) is 67.4 Å². The van der Waals surface area contributed by atoms with Crippen molar-refractivity contribution in [2.75, 3.05) is 18.5 Å². The molecule has 3 aromatic rings. The van der Waals surface area contributed by atoms with E-state index in [1.165, 1.54) is 24.6 Å². The zero-order valence-electron chi connectivity index (χ0n) is 17.2. The SMILES string of the molecule is COC(=O)c1ccc(CN(c2ccc(OC)cc2)S(=O)(=O)c2cc(C)ccc2C)o1. The maximum atomic E-state index is 13.6. The van der Waals surface area contributed by atoms with Gasteiger partial charge in [0.2, 0.25) is 5.76 Å². The third kappa shape index (κ3) is 4.33. The van der Waals surface area contributed by atoms with E-state index in [-0.39, 0.29) is 17.2 Å². The van der Waals surface area contributed by atoms with Gasteiger partial charge in [-0.2, -0.15) is 0 Å². The molecule has 8 heteroatoms. The number of ether oxygens (including phenoxy) is 2. The second-order valence-corrected chi connectivity index (χ2v) is 8.57. The van der Waals surface area contributed by atoms with Crippen LogP contribution in [0.15, 0.2) is 63.9 Å². The van der Waals surface area contributed by atoms with Crippen LogP contribution in [0.5, 0.6) is 5.75 Å². The molecule has 3 rings (SSSR count). The molecular formula is C22H23NO6S. The summed E-state index contributed by atoms with van der Waals surface area (Å²) in [5.74, 6) is 0.287. The number of rotatable bonds is 7. The number of aryl methyl sites for hydroxylation is 2. The zero-order chi connectivity index (χ0) is 21.9. The van der Waals surface area contributed by atoms with Crippen LogP contribution in [-0.4, -0.2) is 28.6 Å². The molecule has 0 aliphatic heterocycles. The van der Waals surface area contributed by atoms with E-state index in [4.69, 9.17) is 9.15 Å². The molecule has 0 spiro atoms. The molecule has 0 saturated carbocycles. The Labute approximate surface area is 175 Å². The molecular weight excluding hydrogens is 406 g/mol. The number of furan rings is 1. The van der Waals surface area contributed by atoms with Crippen molar-refractivity contribution in [3.63, 3.8) is 0 Å². The fourth-order valence-corrected chi connectivity index (χ4v) is 4.73. The van der Waals surface area contributed by atoms with Gasteiger partial charge in [0.15, 0.2) is 0 Å². The maximum absolute atomic E-state index is 13.6. The first-order valence-electron chi connectivity index (χ1n) is 9.17. The first-order chi connectivity index (χ1) is 14.3. The Morgan fingerprint density at radius 1 is 1.00 bits per heavy atom. The smallest absolute Gasteiger partial charge is 0.373 e. The molecule has 0 fully saturated rings. The van der Waals surface area contributed by atoms with Crippen LogP contribution in [0.3, 0.4) is 0 Å². The molecule has 0 saturated heterocycles. The number of sulfonamides is 1. The minimum absolute atomic E-state index is 0.00585. The van der Waals surface area contributed by atoms with Crippen molar-refractivity contribution in [2.45, 2.75) is 25.3 Å². The average molecular weight is 429 g/mol. The molecule has 0 amide bonds. The summed E-state index contributed by atoms with van der Waals surface area (Å²) in [4.78, 5) is 11.9. The Kier molecular flexibility index (Phi) is 6.17. The van der Waals surface area contributed by atoms with E-state index < -0.39 is 16.0 Å². The number of methoxy groups -OCH3 is 2. The minimum atomic E-state index is -3.93. The summed E-state index contributed by atoms with van der Waals surface area (Å²) in [6, 6.07) is 15.0. The molecule has 0 aliphatic rings. The van der Waals surface area contributed by atoms with Gasteiger partial charge >= 0.3 is 5.97 Å². The predicted molar refractivity (Wildman–Crippen MR) is 112 cm³/mol. The van der Waals surface area contributed by atoms with Crippen molar-refractivity contribution in [3.05, 3.63) is 77.2 Å². The van der Waals surface area contributed by atoms with Crippen LogP contribution in [0.4, 0.5) is 5.69 Å². The van der Waals surface area contributed by atoms with E-state index >= 15 is 0 Å². The summed E-state index contributed by atoms with van der Waals surface area (Å²) in [5, 5.41) is 0. The van der Waals surface area contributed by atoms with Gasteiger partial charge in [-0.3, -0.25) is 4.31 Å². The zero-order valence-corrected chi connectivity index (χ0v) is 18.0. The van der Waals surface area contributed by atoms with Crippen molar-refractivity contribution in [2.24, 2.45) is 0 Å². The van der Waals surface area contributed by atoms with Crippen molar-refractivity contribution in [1.29, 1.82) is 0 Å². The van der Waals surface area contributed by atoms with Crippen molar-refractivity contribution < 1.29 is 27.1 Å². The number of esters is 1. The second-order valence-electron chi connectivity index (χ2n) is 6.74. The average Bonchev–Trinajstić information content (AvgIpc) is 3.22. The molecule has 158 valence electrons. The molecule has 7 nitrogen and oxygen atoms in total. The van der Waals surface area contributed by atoms with Crippen LogP contribution in [0.25, 0.3) is 0 Å². The van der Waals surface area contributed by atoms with E-state index in [1.807, 2.05) is 13.0 Å². The van der Waals surface area contributed by atoms with Gasteiger partial charge in [0.05, 0.1) is 31.3 Å². The van der Waals surface area contributed by atoms with Crippen molar-refractivity contribution in [3.8, 4) is 5.75 Å². The molecule has 0 unspecified atom stereocenters. The molecule has 0 aliphatic carbocycles.